The molecule has 0 radical (unpaired) electrons. The third-order valence-electron chi connectivity index (χ3n) is 1.59. The molecule has 1 aliphatic rings. The number of esters is 1. The average molecular weight is 204 g/mol. The first-order chi connectivity index (χ1) is 6.18. The van der Waals surface area contributed by atoms with Gasteiger partial charge in [0.25, 0.3) is 0 Å². The standard InChI is InChI=1S/C8H16O4Si/c1-13(2)12-4-3-8(9)11-6-7-5-10-7/h7,13H,3-6H2,1-2H3. The third kappa shape index (κ3) is 5.79. The fourth-order valence-electron chi connectivity index (χ4n) is 0.800. The van der Waals surface area contributed by atoms with Gasteiger partial charge in [0.05, 0.1) is 13.0 Å². The molecular weight excluding hydrogens is 188 g/mol. The predicted octanol–water partition coefficient (Wildman–Crippen LogP) is 0.318. The minimum Gasteiger partial charge on any atom is -0.463 e. The number of rotatable bonds is 6. The minimum absolute atomic E-state index is 0.157. The van der Waals surface area contributed by atoms with E-state index < -0.39 is 9.04 Å². The highest BCUT2D eigenvalue weighted by atomic mass is 28.3. The van der Waals surface area contributed by atoms with Crippen LogP contribution in [0.2, 0.25) is 13.1 Å². The second-order valence-corrected chi connectivity index (χ2v) is 5.74. The van der Waals surface area contributed by atoms with Crippen molar-refractivity contribution in [3.05, 3.63) is 0 Å². The zero-order chi connectivity index (χ0) is 9.68. The molecule has 1 aliphatic heterocycles. The molecule has 0 amide bonds. The van der Waals surface area contributed by atoms with E-state index >= 15 is 0 Å². The largest absolute Gasteiger partial charge is 0.463 e. The Labute approximate surface area is 79.9 Å². The molecule has 76 valence electrons. The Kier molecular flexibility index (Phi) is 4.41. The highest BCUT2D eigenvalue weighted by Gasteiger charge is 2.23. The minimum atomic E-state index is -0.989. The predicted molar refractivity (Wildman–Crippen MR) is 50.1 cm³/mol. The summed E-state index contributed by atoms with van der Waals surface area (Å²) in [5, 5.41) is 0. The Morgan fingerprint density at radius 3 is 2.85 bits per heavy atom. The number of carbonyl (C=O) groups is 1. The van der Waals surface area contributed by atoms with Crippen molar-refractivity contribution in [3.8, 4) is 0 Å². The Bertz CT molecular complexity index is 168. The number of hydrogen-bond donors (Lipinski definition) is 0. The molecular formula is C8H16O4Si. The number of carbonyl (C=O) groups excluding carboxylic acids is 1. The van der Waals surface area contributed by atoms with Crippen LogP contribution in [0.5, 0.6) is 0 Å². The molecule has 0 aromatic rings. The summed E-state index contributed by atoms with van der Waals surface area (Å²) in [7, 11) is -0.989. The van der Waals surface area contributed by atoms with Gasteiger partial charge in [-0.3, -0.25) is 4.79 Å². The maximum Gasteiger partial charge on any atom is 0.308 e. The van der Waals surface area contributed by atoms with Crippen LogP contribution in [0.15, 0.2) is 0 Å². The fourth-order valence-corrected chi connectivity index (χ4v) is 1.39. The number of ether oxygens (including phenoxy) is 2. The molecule has 0 bridgehead atoms. The van der Waals surface area contributed by atoms with Gasteiger partial charge in [0.2, 0.25) is 0 Å². The molecule has 1 heterocycles. The van der Waals surface area contributed by atoms with Gasteiger partial charge in [-0.1, -0.05) is 0 Å². The van der Waals surface area contributed by atoms with Crippen LogP contribution in [0.25, 0.3) is 0 Å². The summed E-state index contributed by atoms with van der Waals surface area (Å²) >= 11 is 0. The van der Waals surface area contributed by atoms with E-state index in [1.165, 1.54) is 0 Å². The van der Waals surface area contributed by atoms with Crippen LogP contribution < -0.4 is 0 Å². The average Bonchev–Trinajstić information content (AvgIpc) is 2.83. The quantitative estimate of drug-likeness (QED) is 0.355. The Balaban J connectivity index is 1.90. The summed E-state index contributed by atoms with van der Waals surface area (Å²) in [6.07, 6.45) is 0.516. The van der Waals surface area contributed by atoms with Crippen molar-refractivity contribution >= 4 is 15.0 Å². The van der Waals surface area contributed by atoms with E-state index in [1.54, 1.807) is 0 Å². The maximum absolute atomic E-state index is 11.0. The normalized spacial score (nSPS) is 20.4. The van der Waals surface area contributed by atoms with E-state index in [0.717, 1.165) is 6.61 Å². The highest BCUT2D eigenvalue weighted by Crippen LogP contribution is 2.08. The first-order valence-corrected chi connectivity index (χ1v) is 7.35. The van der Waals surface area contributed by atoms with Crippen molar-refractivity contribution < 1.29 is 18.7 Å². The second-order valence-electron chi connectivity index (χ2n) is 3.31. The van der Waals surface area contributed by atoms with E-state index in [1.807, 2.05) is 0 Å². The molecule has 0 aromatic heterocycles. The molecule has 0 N–H and O–H groups in total. The zero-order valence-electron chi connectivity index (χ0n) is 8.12. The van der Waals surface area contributed by atoms with Crippen LogP contribution in [-0.2, 0) is 18.7 Å². The Morgan fingerprint density at radius 2 is 2.31 bits per heavy atom. The fraction of sp³-hybridized carbons (Fsp3) is 0.875. The first-order valence-electron chi connectivity index (χ1n) is 4.57. The van der Waals surface area contributed by atoms with Gasteiger partial charge in [-0.15, -0.1) is 0 Å². The summed E-state index contributed by atoms with van der Waals surface area (Å²) in [6, 6.07) is 0. The van der Waals surface area contributed by atoms with Crippen LogP contribution in [0.1, 0.15) is 6.42 Å². The molecule has 1 fully saturated rings. The topological polar surface area (TPSA) is 48.1 Å². The summed E-state index contributed by atoms with van der Waals surface area (Å²) in [6.45, 7) is 5.77. The van der Waals surface area contributed by atoms with Crippen molar-refractivity contribution in [1.29, 1.82) is 0 Å². The Morgan fingerprint density at radius 1 is 1.62 bits per heavy atom. The monoisotopic (exact) mass is 204 g/mol. The van der Waals surface area contributed by atoms with Gasteiger partial charge in [0.15, 0.2) is 9.04 Å². The smallest absolute Gasteiger partial charge is 0.308 e. The SMILES string of the molecule is C[SiH](C)OCCC(=O)OCC1CO1. The lowest BCUT2D eigenvalue weighted by atomic mass is 10.4. The van der Waals surface area contributed by atoms with Gasteiger partial charge in [-0.05, 0) is 13.1 Å². The lowest BCUT2D eigenvalue weighted by Crippen LogP contribution is -2.15. The van der Waals surface area contributed by atoms with Crippen LogP contribution in [0.3, 0.4) is 0 Å². The van der Waals surface area contributed by atoms with Gasteiger partial charge < -0.3 is 13.9 Å². The Hall–Kier alpha value is -0.393. The van der Waals surface area contributed by atoms with E-state index in [9.17, 15) is 4.79 Å². The van der Waals surface area contributed by atoms with E-state index in [4.69, 9.17) is 13.9 Å². The van der Waals surface area contributed by atoms with Crippen LogP contribution in [0, 0.1) is 0 Å². The summed E-state index contributed by atoms with van der Waals surface area (Å²) < 4.78 is 15.2. The van der Waals surface area contributed by atoms with Crippen molar-refractivity contribution in [1.82, 2.24) is 0 Å². The van der Waals surface area contributed by atoms with E-state index in [-0.39, 0.29) is 12.1 Å². The molecule has 0 saturated carbocycles. The van der Waals surface area contributed by atoms with Crippen molar-refractivity contribution in [3.63, 3.8) is 0 Å². The maximum atomic E-state index is 11.0. The molecule has 4 nitrogen and oxygen atoms in total. The van der Waals surface area contributed by atoms with Crippen LogP contribution >= 0.6 is 0 Å². The highest BCUT2D eigenvalue weighted by molar-refractivity contribution is 6.48. The molecule has 1 unspecified atom stereocenters. The number of epoxide rings is 1. The lowest BCUT2D eigenvalue weighted by Gasteiger charge is -2.06. The molecule has 1 saturated heterocycles. The van der Waals surface area contributed by atoms with E-state index in [0.29, 0.717) is 19.6 Å². The summed E-state index contributed by atoms with van der Waals surface area (Å²) in [5.41, 5.74) is 0. The summed E-state index contributed by atoms with van der Waals surface area (Å²) in [5.74, 6) is -0.190. The molecule has 13 heavy (non-hydrogen) atoms. The zero-order valence-corrected chi connectivity index (χ0v) is 9.27. The second kappa shape index (κ2) is 5.36. The molecule has 0 aliphatic carbocycles. The molecule has 5 heteroatoms. The summed E-state index contributed by atoms with van der Waals surface area (Å²) in [4.78, 5) is 11.0. The molecule has 1 rings (SSSR count). The van der Waals surface area contributed by atoms with Crippen molar-refractivity contribution in [2.75, 3.05) is 19.8 Å². The van der Waals surface area contributed by atoms with Crippen LogP contribution in [0.4, 0.5) is 0 Å². The molecule has 1 atom stereocenters. The lowest BCUT2D eigenvalue weighted by molar-refractivity contribution is -0.144. The van der Waals surface area contributed by atoms with Gasteiger partial charge in [0, 0.05) is 6.61 Å². The van der Waals surface area contributed by atoms with Gasteiger partial charge in [-0.25, -0.2) is 0 Å². The van der Waals surface area contributed by atoms with Crippen molar-refractivity contribution in [2.45, 2.75) is 25.6 Å². The van der Waals surface area contributed by atoms with Crippen LogP contribution in [-0.4, -0.2) is 40.9 Å². The van der Waals surface area contributed by atoms with Gasteiger partial charge in [-0.2, -0.15) is 0 Å². The van der Waals surface area contributed by atoms with Crippen molar-refractivity contribution in [2.24, 2.45) is 0 Å². The first kappa shape index (κ1) is 10.7. The van der Waals surface area contributed by atoms with E-state index in [2.05, 4.69) is 13.1 Å². The molecule has 0 spiro atoms. The third-order valence-corrected chi connectivity index (χ3v) is 2.49. The van der Waals surface area contributed by atoms with Gasteiger partial charge in [0.1, 0.15) is 12.7 Å². The molecule has 0 aromatic carbocycles. The number of hydrogen-bond acceptors (Lipinski definition) is 4. The van der Waals surface area contributed by atoms with Gasteiger partial charge >= 0.3 is 5.97 Å².